The minimum atomic E-state index is -0.441. The number of carbonyl (C=O) groups excluding carboxylic acids is 1. The van der Waals surface area contributed by atoms with E-state index in [0.29, 0.717) is 19.5 Å². The molecule has 0 aromatic heterocycles. The van der Waals surface area contributed by atoms with Gasteiger partial charge in [-0.05, 0) is 50.0 Å². The molecule has 2 atom stereocenters. The van der Waals surface area contributed by atoms with Gasteiger partial charge < -0.3 is 14.9 Å². The van der Waals surface area contributed by atoms with Crippen molar-refractivity contribution in [2.24, 2.45) is 0 Å². The molecule has 0 bridgehead atoms. The molecule has 1 aromatic rings. The van der Waals surface area contributed by atoms with Gasteiger partial charge in [-0.25, -0.2) is 0 Å². The second-order valence-corrected chi connectivity index (χ2v) is 6.53. The molecule has 1 saturated heterocycles. The number of carbonyl (C=O) groups is 1. The molecule has 1 heterocycles. The molecule has 4 heteroatoms. The zero-order valence-corrected chi connectivity index (χ0v) is 12.9. The molecule has 1 N–H and O–H groups in total. The number of hydrogen-bond acceptors (Lipinski definition) is 3. The Hall–Kier alpha value is -1.39. The van der Waals surface area contributed by atoms with E-state index in [9.17, 15) is 9.90 Å². The number of likely N-dealkylation sites (tertiary alicyclic amines) is 1. The van der Waals surface area contributed by atoms with Crippen molar-refractivity contribution in [2.45, 2.75) is 37.8 Å². The highest BCUT2D eigenvalue weighted by molar-refractivity contribution is 5.79. The van der Waals surface area contributed by atoms with Gasteiger partial charge in [0.25, 0.3) is 0 Å². The summed E-state index contributed by atoms with van der Waals surface area (Å²) in [5.74, 6) is 0.122. The van der Waals surface area contributed by atoms with Gasteiger partial charge in [0.15, 0.2) is 0 Å². The van der Waals surface area contributed by atoms with Gasteiger partial charge in [-0.1, -0.05) is 18.2 Å². The minimum absolute atomic E-state index is 0.0500. The molecule has 0 radical (unpaired) electrons. The quantitative estimate of drug-likeness (QED) is 0.897. The number of aliphatic hydroxyl groups is 1. The van der Waals surface area contributed by atoms with E-state index < -0.39 is 6.10 Å². The molecular formula is C17H24N2O2. The van der Waals surface area contributed by atoms with E-state index in [1.54, 1.807) is 4.90 Å². The predicted molar refractivity (Wildman–Crippen MR) is 82.2 cm³/mol. The second kappa shape index (κ2) is 5.78. The number of β-amino-alcohol motifs (C(OH)–C–C–N with tert-alkyl or cyclic N) is 1. The Morgan fingerprint density at radius 3 is 2.76 bits per heavy atom. The first-order chi connectivity index (χ1) is 10.0. The normalized spacial score (nSPS) is 24.7. The van der Waals surface area contributed by atoms with E-state index in [2.05, 4.69) is 18.2 Å². The zero-order valence-electron chi connectivity index (χ0n) is 12.9. The van der Waals surface area contributed by atoms with Crippen molar-refractivity contribution in [1.29, 1.82) is 0 Å². The van der Waals surface area contributed by atoms with E-state index in [1.807, 2.05) is 19.0 Å². The Morgan fingerprint density at radius 1 is 1.29 bits per heavy atom. The van der Waals surface area contributed by atoms with Crippen LogP contribution in [0.15, 0.2) is 18.2 Å². The van der Waals surface area contributed by atoms with Crippen LogP contribution in [-0.2, 0) is 24.1 Å². The van der Waals surface area contributed by atoms with E-state index in [1.165, 1.54) is 24.0 Å². The molecule has 3 rings (SSSR count). The summed E-state index contributed by atoms with van der Waals surface area (Å²) in [6.45, 7) is 1.07. The van der Waals surface area contributed by atoms with Crippen molar-refractivity contribution < 1.29 is 9.90 Å². The fourth-order valence-electron chi connectivity index (χ4n) is 3.50. The van der Waals surface area contributed by atoms with Crippen LogP contribution in [0.3, 0.4) is 0 Å². The van der Waals surface area contributed by atoms with Gasteiger partial charge in [-0.3, -0.25) is 4.79 Å². The fraction of sp³-hybridized carbons (Fsp3) is 0.588. The first kappa shape index (κ1) is 14.5. The molecule has 1 fully saturated rings. The maximum Gasteiger partial charge on any atom is 0.227 e. The van der Waals surface area contributed by atoms with Crippen molar-refractivity contribution in [2.75, 3.05) is 27.2 Å². The minimum Gasteiger partial charge on any atom is -0.390 e. The standard InChI is InChI=1S/C17H24N2O2/c1-18(2)15-10-19(11-16(15)20)17(21)9-12-6-7-13-4-3-5-14(13)8-12/h6-8,15-16,20H,3-5,9-11H2,1-2H3/t15-,16-/m1/s1. The molecule has 1 aliphatic heterocycles. The summed E-state index contributed by atoms with van der Waals surface area (Å²) in [4.78, 5) is 16.2. The number of fused-ring (bicyclic) bond motifs is 1. The third-order valence-corrected chi connectivity index (χ3v) is 4.79. The van der Waals surface area contributed by atoms with E-state index in [4.69, 9.17) is 0 Å². The van der Waals surface area contributed by atoms with Crippen LogP contribution >= 0.6 is 0 Å². The van der Waals surface area contributed by atoms with Crippen molar-refractivity contribution in [1.82, 2.24) is 9.80 Å². The van der Waals surface area contributed by atoms with Crippen LogP contribution in [-0.4, -0.2) is 60.1 Å². The summed E-state index contributed by atoms with van der Waals surface area (Å²) in [7, 11) is 3.89. The van der Waals surface area contributed by atoms with Crippen molar-refractivity contribution in [3.8, 4) is 0 Å². The highest BCUT2D eigenvalue weighted by Crippen LogP contribution is 2.23. The number of nitrogens with zero attached hydrogens (tertiary/aromatic N) is 2. The lowest BCUT2D eigenvalue weighted by Gasteiger charge is -2.21. The Labute approximate surface area is 126 Å². The Morgan fingerprint density at radius 2 is 2.05 bits per heavy atom. The van der Waals surface area contributed by atoms with E-state index >= 15 is 0 Å². The number of amides is 1. The largest absolute Gasteiger partial charge is 0.390 e. The molecule has 1 aliphatic carbocycles. The molecule has 4 nitrogen and oxygen atoms in total. The molecule has 0 saturated carbocycles. The van der Waals surface area contributed by atoms with Crippen LogP contribution in [0.25, 0.3) is 0 Å². The average molecular weight is 288 g/mol. The third-order valence-electron chi connectivity index (χ3n) is 4.79. The highest BCUT2D eigenvalue weighted by Gasteiger charge is 2.35. The van der Waals surface area contributed by atoms with Crippen LogP contribution in [0.2, 0.25) is 0 Å². The number of hydrogen-bond donors (Lipinski definition) is 1. The highest BCUT2D eigenvalue weighted by atomic mass is 16.3. The Kier molecular flexibility index (Phi) is 4.00. The lowest BCUT2D eigenvalue weighted by Crippen LogP contribution is -2.38. The fourth-order valence-corrected chi connectivity index (χ4v) is 3.50. The lowest BCUT2D eigenvalue weighted by molar-refractivity contribution is -0.129. The second-order valence-electron chi connectivity index (χ2n) is 6.53. The van der Waals surface area contributed by atoms with Gasteiger partial charge in [-0.15, -0.1) is 0 Å². The molecule has 2 aliphatic rings. The van der Waals surface area contributed by atoms with Gasteiger partial charge in [0.2, 0.25) is 5.91 Å². The van der Waals surface area contributed by atoms with Crippen LogP contribution < -0.4 is 0 Å². The number of aryl methyl sites for hydroxylation is 2. The average Bonchev–Trinajstić information content (AvgIpc) is 3.04. The molecule has 1 aromatic carbocycles. The van der Waals surface area contributed by atoms with Crippen LogP contribution in [0.1, 0.15) is 23.1 Å². The molecule has 21 heavy (non-hydrogen) atoms. The predicted octanol–water partition coefficient (Wildman–Crippen LogP) is 0.851. The number of aliphatic hydroxyl groups excluding tert-OH is 1. The van der Waals surface area contributed by atoms with Crippen LogP contribution in [0, 0.1) is 0 Å². The maximum absolute atomic E-state index is 12.4. The lowest BCUT2D eigenvalue weighted by atomic mass is 10.0. The molecule has 1 amide bonds. The van der Waals surface area contributed by atoms with E-state index in [-0.39, 0.29) is 11.9 Å². The monoisotopic (exact) mass is 288 g/mol. The van der Waals surface area contributed by atoms with Gasteiger partial charge in [0.05, 0.1) is 18.6 Å². The van der Waals surface area contributed by atoms with Crippen molar-refractivity contribution in [3.05, 3.63) is 34.9 Å². The van der Waals surface area contributed by atoms with Crippen LogP contribution in [0.5, 0.6) is 0 Å². The van der Waals surface area contributed by atoms with Crippen LogP contribution in [0.4, 0.5) is 0 Å². The summed E-state index contributed by atoms with van der Waals surface area (Å²) in [6.07, 6.45) is 3.55. The maximum atomic E-state index is 12.4. The zero-order chi connectivity index (χ0) is 15.0. The Bertz CT molecular complexity index is 542. The first-order valence-corrected chi connectivity index (χ1v) is 7.77. The summed E-state index contributed by atoms with van der Waals surface area (Å²) in [5.41, 5.74) is 3.95. The Balaban J connectivity index is 1.64. The smallest absolute Gasteiger partial charge is 0.227 e. The van der Waals surface area contributed by atoms with Crippen molar-refractivity contribution in [3.63, 3.8) is 0 Å². The molecule has 114 valence electrons. The number of rotatable bonds is 3. The molecule has 0 unspecified atom stereocenters. The molecular weight excluding hydrogens is 264 g/mol. The topological polar surface area (TPSA) is 43.8 Å². The summed E-state index contributed by atoms with van der Waals surface area (Å²) in [5, 5.41) is 10.0. The summed E-state index contributed by atoms with van der Waals surface area (Å²) >= 11 is 0. The van der Waals surface area contributed by atoms with E-state index in [0.717, 1.165) is 12.0 Å². The van der Waals surface area contributed by atoms with Gasteiger partial charge >= 0.3 is 0 Å². The first-order valence-electron chi connectivity index (χ1n) is 7.77. The molecule has 0 spiro atoms. The third kappa shape index (κ3) is 2.97. The number of likely N-dealkylation sites (N-methyl/N-ethyl adjacent to an activating group) is 1. The van der Waals surface area contributed by atoms with Gasteiger partial charge in [-0.2, -0.15) is 0 Å². The van der Waals surface area contributed by atoms with Gasteiger partial charge in [0.1, 0.15) is 0 Å². The summed E-state index contributed by atoms with van der Waals surface area (Å²) in [6, 6.07) is 6.49. The van der Waals surface area contributed by atoms with Crippen molar-refractivity contribution >= 4 is 5.91 Å². The summed E-state index contributed by atoms with van der Waals surface area (Å²) < 4.78 is 0. The van der Waals surface area contributed by atoms with Gasteiger partial charge in [0, 0.05) is 13.1 Å². The number of benzene rings is 1. The SMILES string of the molecule is CN(C)[C@@H]1CN(C(=O)Cc2ccc3c(c2)CCC3)C[C@H]1O.